The van der Waals surface area contributed by atoms with Gasteiger partial charge in [-0.15, -0.1) is 0 Å². The highest BCUT2D eigenvalue weighted by Crippen LogP contribution is 2.25. The first-order valence-electron chi connectivity index (χ1n) is 7.48. The number of fused-ring (bicyclic) bond motifs is 1. The number of sulfone groups is 1. The fraction of sp³-hybridized carbons (Fsp3) is 0.176. The van der Waals surface area contributed by atoms with Crippen molar-refractivity contribution in [1.29, 1.82) is 0 Å². The molecule has 25 heavy (non-hydrogen) atoms. The molecule has 0 aliphatic heterocycles. The number of aromatic nitrogens is 2. The van der Waals surface area contributed by atoms with Gasteiger partial charge in [-0.1, -0.05) is 12.1 Å². The van der Waals surface area contributed by atoms with E-state index in [1.165, 1.54) is 12.1 Å². The van der Waals surface area contributed by atoms with Crippen LogP contribution < -0.4 is 5.73 Å². The van der Waals surface area contributed by atoms with Crippen LogP contribution in [0.1, 0.15) is 22.0 Å². The first kappa shape index (κ1) is 17.1. The molecule has 1 amide bonds. The quantitative estimate of drug-likeness (QED) is 0.708. The highest BCUT2D eigenvalue weighted by atomic mass is 32.2. The van der Waals surface area contributed by atoms with Crippen LogP contribution in [0.25, 0.3) is 11.0 Å². The molecule has 0 aliphatic carbocycles. The van der Waals surface area contributed by atoms with Crippen molar-refractivity contribution in [3.05, 3.63) is 59.9 Å². The highest BCUT2D eigenvalue weighted by Gasteiger charge is 2.17. The number of imidazole rings is 1. The molecular weight excluding hydrogens is 342 g/mol. The Morgan fingerprint density at radius 3 is 2.48 bits per heavy atom. The first-order valence-corrected chi connectivity index (χ1v) is 9.37. The fourth-order valence-corrected chi connectivity index (χ4v) is 3.36. The third-order valence-electron chi connectivity index (χ3n) is 4.06. The second-order valence-electron chi connectivity index (χ2n) is 5.76. The number of aliphatic hydroxyl groups excluding tert-OH is 1. The van der Waals surface area contributed by atoms with Crippen LogP contribution in [0.5, 0.6) is 0 Å². The molecular formula is C17H17N3O4S. The molecule has 1 heterocycles. The third-order valence-corrected chi connectivity index (χ3v) is 5.19. The van der Waals surface area contributed by atoms with Crippen LogP contribution in [0.2, 0.25) is 0 Å². The van der Waals surface area contributed by atoms with Gasteiger partial charge < -0.3 is 15.4 Å². The van der Waals surface area contributed by atoms with Gasteiger partial charge in [0, 0.05) is 11.8 Å². The molecule has 0 aliphatic rings. The normalized spacial score (nSPS) is 13.0. The molecule has 0 fully saturated rings. The Morgan fingerprint density at radius 1 is 1.24 bits per heavy atom. The van der Waals surface area contributed by atoms with E-state index in [2.05, 4.69) is 4.98 Å². The van der Waals surface area contributed by atoms with Crippen molar-refractivity contribution in [2.75, 3.05) is 12.9 Å². The van der Waals surface area contributed by atoms with Crippen molar-refractivity contribution in [1.82, 2.24) is 9.55 Å². The molecule has 0 bridgehead atoms. The Balaban J connectivity index is 2.04. The van der Waals surface area contributed by atoms with Gasteiger partial charge in [0.25, 0.3) is 0 Å². The first-order chi connectivity index (χ1) is 11.8. The largest absolute Gasteiger partial charge is 0.394 e. The smallest absolute Gasteiger partial charge is 0.248 e. The molecule has 2 aromatic carbocycles. The van der Waals surface area contributed by atoms with Gasteiger partial charge in [0.1, 0.15) is 0 Å². The number of amides is 1. The van der Waals surface area contributed by atoms with Crippen LogP contribution >= 0.6 is 0 Å². The summed E-state index contributed by atoms with van der Waals surface area (Å²) in [5, 5.41) is 9.84. The van der Waals surface area contributed by atoms with Gasteiger partial charge in [0.05, 0.1) is 34.9 Å². The van der Waals surface area contributed by atoms with Gasteiger partial charge in [0.15, 0.2) is 9.84 Å². The van der Waals surface area contributed by atoms with Crippen LogP contribution in [0.15, 0.2) is 53.7 Å². The average molecular weight is 359 g/mol. The maximum absolute atomic E-state index is 11.6. The lowest BCUT2D eigenvalue weighted by Crippen LogP contribution is -2.14. The van der Waals surface area contributed by atoms with Crippen LogP contribution in [-0.2, 0) is 9.84 Å². The number of primary amides is 1. The summed E-state index contributed by atoms with van der Waals surface area (Å²) < 4.78 is 24.9. The van der Waals surface area contributed by atoms with E-state index in [0.29, 0.717) is 11.1 Å². The summed E-state index contributed by atoms with van der Waals surface area (Å²) in [4.78, 5) is 15.8. The van der Waals surface area contributed by atoms with Gasteiger partial charge in [-0.3, -0.25) is 4.79 Å². The predicted octanol–water partition coefficient (Wildman–Crippen LogP) is 1.12. The van der Waals surface area contributed by atoms with Gasteiger partial charge in [-0.05, 0) is 35.9 Å². The van der Waals surface area contributed by atoms with Crippen molar-refractivity contribution in [3.8, 4) is 0 Å². The van der Waals surface area contributed by atoms with E-state index < -0.39 is 21.8 Å². The van der Waals surface area contributed by atoms with Crippen molar-refractivity contribution in [3.63, 3.8) is 0 Å². The van der Waals surface area contributed by atoms with Gasteiger partial charge in [-0.2, -0.15) is 0 Å². The number of nitrogens with two attached hydrogens (primary N) is 1. The summed E-state index contributed by atoms with van der Waals surface area (Å²) in [5.74, 6) is -0.536. The number of rotatable bonds is 5. The molecule has 0 spiro atoms. The minimum atomic E-state index is -3.28. The zero-order chi connectivity index (χ0) is 18.2. The second kappa shape index (κ2) is 6.30. The zero-order valence-electron chi connectivity index (χ0n) is 13.5. The van der Waals surface area contributed by atoms with Gasteiger partial charge >= 0.3 is 0 Å². The van der Waals surface area contributed by atoms with Crippen LogP contribution in [0, 0.1) is 0 Å². The van der Waals surface area contributed by atoms with E-state index in [4.69, 9.17) is 5.73 Å². The lowest BCUT2D eigenvalue weighted by molar-refractivity contribution is 0.100. The van der Waals surface area contributed by atoms with E-state index in [-0.39, 0.29) is 11.5 Å². The topological polar surface area (TPSA) is 115 Å². The van der Waals surface area contributed by atoms with Gasteiger partial charge in [0.2, 0.25) is 5.91 Å². The lowest BCUT2D eigenvalue weighted by atomic mass is 10.1. The summed E-state index contributed by atoms with van der Waals surface area (Å²) >= 11 is 0. The molecule has 3 aromatic rings. The number of benzene rings is 2. The van der Waals surface area contributed by atoms with E-state index in [9.17, 15) is 18.3 Å². The van der Waals surface area contributed by atoms with Crippen molar-refractivity contribution in [2.24, 2.45) is 5.73 Å². The van der Waals surface area contributed by atoms with Crippen LogP contribution in [-0.4, -0.2) is 41.8 Å². The molecule has 7 nitrogen and oxygen atoms in total. The average Bonchev–Trinajstić information content (AvgIpc) is 2.98. The van der Waals surface area contributed by atoms with Crippen LogP contribution in [0.4, 0.5) is 0 Å². The number of carbonyl (C=O) groups is 1. The van der Waals surface area contributed by atoms with Crippen molar-refractivity contribution < 1.29 is 18.3 Å². The minimum Gasteiger partial charge on any atom is -0.394 e. The van der Waals surface area contributed by atoms with E-state index >= 15 is 0 Å². The molecule has 0 radical (unpaired) electrons. The molecule has 3 N–H and O–H groups in total. The molecule has 8 heteroatoms. The summed E-state index contributed by atoms with van der Waals surface area (Å²) in [5.41, 5.74) is 7.69. The minimum absolute atomic E-state index is 0.193. The lowest BCUT2D eigenvalue weighted by Gasteiger charge is -2.18. The number of nitrogens with zero attached hydrogens (tertiary/aromatic N) is 2. The molecule has 1 atom stereocenters. The Labute approximate surface area is 144 Å². The molecule has 1 unspecified atom stereocenters. The number of hydrogen-bond donors (Lipinski definition) is 2. The summed E-state index contributed by atoms with van der Waals surface area (Å²) in [6.07, 6.45) is 2.71. The maximum Gasteiger partial charge on any atom is 0.248 e. The number of carbonyl (C=O) groups excluding carboxylic acids is 1. The summed E-state index contributed by atoms with van der Waals surface area (Å²) in [6.45, 7) is -0.193. The monoisotopic (exact) mass is 359 g/mol. The fourth-order valence-electron chi connectivity index (χ4n) is 2.72. The molecule has 1 aromatic heterocycles. The van der Waals surface area contributed by atoms with Crippen molar-refractivity contribution in [2.45, 2.75) is 10.9 Å². The SMILES string of the molecule is CS(=O)(=O)c1ccc(C(CO)n2cnc3cc(C(N)=O)ccc32)cc1. The Kier molecular flexibility index (Phi) is 4.32. The number of hydrogen-bond acceptors (Lipinski definition) is 5. The Hall–Kier alpha value is -2.71. The van der Waals surface area contributed by atoms with Crippen LogP contribution in [0.3, 0.4) is 0 Å². The van der Waals surface area contributed by atoms with E-state index in [1.54, 1.807) is 41.2 Å². The Bertz CT molecular complexity index is 1040. The predicted molar refractivity (Wildman–Crippen MR) is 93.0 cm³/mol. The summed E-state index contributed by atoms with van der Waals surface area (Å²) in [7, 11) is -3.28. The molecule has 3 rings (SSSR count). The highest BCUT2D eigenvalue weighted by molar-refractivity contribution is 7.90. The maximum atomic E-state index is 11.6. The Morgan fingerprint density at radius 2 is 1.92 bits per heavy atom. The number of aliphatic hydroxyl groups is 1. The van der Waals surface area contributed by atoms with E-state index in [1.807, 2.05) is 0 Å². The second-order valence-corrected chi connectivity index (χ2v) is 7.77. The standard InChI is InChI=1S/C17H17N3O4S/c1-25(23,24)13-5-2-11(3-6-13)16(9-21)20-10-19-14-8-12(17(18)22)4-7-15(14)20/h2-8,10,16,21H,9H2,1H3,(H2,18,22). The van der Waals surface area contributed by atoms with Gasteiger partial charge in [-0.25, -0.2) is 13.4 Å². The molecule has 130 valence electrons. The molecule has 0 saturated heterocycles. The third kappa shape index (κ3) is 3.26. The molecule has 0 saturated carbocycles. The zero-order valence-corrected chi connectivity index (χ0v) is 14.3. The van der Waals surface area contributed by atoms with Crippen molar-refractivity contribution >= 4 is 26.8 Å². The van der Waals surface area contributed by atoms with E-state index in [0.717, 1.165) is 17.3 Å². The summed E-state index contributed by atoms with van der Waals surface area (Å²) in [6, 6.07) is 10.8.